The van der Waals surface area contributed by atoms with E-state index in [1.165, 1.54) is 12.1 Å². The van der Waals surface area contributed by atoms with Crippen LogP contribution in [0.3, 0.4) is 0 Å². The van der Waals surface area contributed by atoms with Gasteiger partial charge in [0, 0.05) is 41.9 Å². The molecule has 0 radical (unpaired) electrons. The predicted molar refractivity (Wildman–Crippen MR) is 91.2 cm³/mol. The van der Waals surface area contributed by atoms with Crippen molar-refractivity contribution in [3.05, 3.63) is 77.3 Å². The van der Waals surface area contributed by atoms with E-state index < -0.39 is 11.7 Å². The van der Waals surface area contributed by atoms with Crippen LogP contribution in [0.4, 0.5) is 18.9 Å². The Morgan fingerprint density at radius 1 is 0.920 bits per heavy atom. The third kappa shape index (κ3) is 4.28. The second-order valence-electron chi connectivity index (χ2n) is 5.35. The van der Waals surface area contributed by atoms with Gasteiger partial charge in [-0.3, -0.25) is 9.97 Å². The first-order valence-corrected chi connectivity index (χ1v) is 7.76. The van der Waals surface area contributed by atoms with Gasteiger partial charge in [0.2, 0.25) is 0 Å². The lowest BCUT2D eigenvalue weighted by Gasteiger charge is -2.14. The monoisotopic (exact) mass is 363 g/mol. The molecule has 0 aliphatic carbocycles. The van der Waals surface area contributed by atoms with Crippen molar-refractivity contribution in [1.82, 2.24) is 9.97 Å². The molecule has 0 saturated heterocycles. The van der Waals surface area contributed by atoms with Crippen LogP contribution in [0, 0.1) is 0 Å². The Labute approximate surface area is 147 Å². The van der Waals surface area contributed by atoms with Crippen molar-refractivity contribution >= 4 is 17.3 Å². The van der Waals surface area contributed by atoms with E-state index in [0.29, 0.717) is 5.69 Å². The van der Waals surface area contributed by atoms with Gasteiger partial charge in [-0.25, -0.2) is 0 Å². The normalized spacial score (nSPS) is 11.4. The minimum Gasteiger partial charge on any atom is -0.380 e. The maximum atomic E-state index is 13.1. The van der Waals surface area contributed by atoms with Gasteiger partial charge in [-0.05, 0) is 41.5 Å². The quantitative estimate of drug-likeness (QED) is 0.671. The summed E-state index contributed by atoms with van der Waals surface area (Å²) in [7, 11) is 0. The third-order valence-electron chi connectivity index (χ3n) is 3.61. The topological polar surface area (TPSA) is 37.8 Å². The van der Waals surface area contributed by atoms with Gasteiger partial charge in [0.25, 0.3) is 0 Å². The zero-order valence-corrected chi connectivity index (χ0v) is 13.6. The first-order valence-electron chi connectivity index (χ1n) is 7.38. The molecule has 0 fully saturated rings. The Hall–Kier alpha value is -2.60. The number of benzene rings is 1. The summed E-state index contributed by atoms with van der Waals surface area (Å²) >= 11 is 5.69. The highest BCUT2D eigenvalue weighted by molar-refractivity contribution is 6.30. The molecule has 0 aliphatic rings. The van der Waals surface area contributed by atoms with E-state index in [4.69, 9.17) is 11.6 Å². The fraction of sp³-hybridized carbons (Fsp3) is 0.111. The number of aromatic nitrogens is 2. The molecule has 0 bridgehead atoms. The molecule has 128 valence electrons. The summed E-state index contributed by atoms with van der Waals surface area (Å²) in [5.74, 6) is 0. The first kappa shape index (κ1) is 17.2. The number of hydrogen-bond acceptors (Lipinski definition) is 3. The highest BCUT2D eigenvalue weighted by atomic mass is 35.5. The number of alkyl halides is 3. The van der Waals surface area contributed by atoms with Crippen LogP contribution < -0.4 is 5.32 Å². The number of rotatable bonds is 4. The van der Waals surface area contributed by atoms with Gasteiger partial charge in [-0.15, -0.1) is 0 Å². The Morgan fingerprint density at radius 3 is 2.40 bits per heavy atom. The molecule has 2 aromatic heterocycles. The van der Waals surface area contributed by atoms with Crippen LogP contribution in [-0.2, 0) is 12.7 Å². The standard InChI is InChI=1S/C18H13ClF3N3/c19-15-2-1-13(17(8-15)18(20,21)22)10-25-16-7-14(9-24-11-16)12-3-5-23-6-4-12/h1-9,11,25H,10H2. The van der Waals surface area contributed by atoms with Crippen molar-refractivity contribution in [2.45, 2.75) is 12.7 Å². The van der Waals surface area contributed by atoms with Gasteiger partial charge >= 0.3 is 6.18 Å². The zero-order valence-electron chi connectivity index (χ0n) is 12.9. The van der Waals surface area contributed by atoms with Crippen LogP contribution in [0.5, 0.6) is 0 Å². The molecule has 0 spiro atoms. The van der Waals surface area contributed by atoms with E-state index in [1.54, 1.807) is 24.8 Å². The smallest absolute Gasteiger partial charge is 0.380 e. The highest BCUT2D eigenvalue weighted by Crippen LogP contribution is 2.34. The zero-order chi connectivity index (χ0) is 17.9. The van der Waals surface area contributed by atoms with E-state index in [0.717, 1.165) is 17.2 Å². The van der Waals surface area contributed by atoms with Crippen LogP contribution >= 0.6 is 11.6 Å². The molecule has 1 aromatic carbocycles. The number of anilines is 1. The molecule has 0 aliphatic heterocycles. The fourth-order valence-electron chi connectivity index (χ4n) is 2.40. The second kappa shape index (κ2) is 7.11. The third-order valence-corrected chi connectivity index (χ3v) is 3.85. The molecule has 0 amide bonds. The van der Waals surface area contributed by atoms with Crippen LogP contribution in [-0.4, -0.2) is 9.97 Å². The molecule has 0 saturated carbocycles. The average molecular weight is 364 g/mol. The Bertz CT molecular complexity index is 867. The van der Waals surface area contributed by atoms with Crippen molar-refractivity contribution in [2.75, 3.05) is 5.32 Å². The summed E-state index contributed by atoms with van der Waals surface area (Å²) in [4.78, 5) is 8.09. The van der Waals surface area contributed by atoms with E-state index in [-0.39, 0.29) is 17.1 Å². The minimum absolute atomic E-state index is 0.00743. The highest BCUT2D eigenvalue weighted by Gasteiger charge is 2.33. The van der Waals surface area contributed by atoms with Gasteiger partial charge in [0.1, 0.15) is 0 Å². The van der Waals surface area contributed by atoms with E-state index in [1.807, 2.05) is 18.2 Å². The van der Waals surface area contributed by atoms with Crippen molar-refractivity contribution in [3.63, 3.8) is 0 Å². The summed E-state index contributed by atoms with van der Waals surface area (Å²) < 4.78 is 39.4. The summed E-state index contributed by atoms with van der Waals surface area (Å²) in [6, 6.07) is 9.25. The molecule has 3 nitrogen and oxygen atoms in total. The molecule has 25 heavy (non-hydrogen) atoms. The van der Waals surface area contributed by atoms with E-state index in [9.17, 15) is 13.2 Å². The first-order chi connectivity index (χ1) is 11.9. The van der Waals surface area contributed by atoms with Crippen LogP contribution in [0.15, 0.2) is 61.2 Å². The molecular formula is C18H13ClF3N3. The summed E-state index contributed by atoms with van der Waals surface area (Å²) in [5.41, 5.74) is 1.77. The Balaban J connectivity index is 1.81. The number of halogens is 4. The van der Waals surface area contributed by atoms with Gasteiger partial charge < -0.3 is 5.32 Å². The molecule has 3 rings (SSSR count). The second-order valence-corrected chi connectivity index (χ2v) is 5.79. The average Bonchev–Trinajstić information content (AvgIpc) is 2.61. The predicted octanol–water partition coefficient (Wildman–Crippen LogP) is 5.43. The molecule has 2 heterocycles. The van der Waals surface area contributed by atoms with Crippen LogP contribution in [0.25, 0.3) is 11.1 Å². The van der Waals surface area contributed by atoms with Gasteiger partial charge in [0.15, 0.2) is 0 Å². The maximum Gasteiger partial charge on any atom is 0.416 e. The molecule has 0 atom stereocenters. The maximum absolute atomic E-state index is 13.1. The molecule has 7 heteroatoms. The van der Waals surface area contributed by atoms with Crippen LogP contribution in [0.2, 0.25) is 5.02 Å². The summed E-state index contributed by atoms with van der Waals surface area (Å²) in [6.07, 6.45) is 2.12. The molecule has 1 N–H and O–H groups in total. The number of hydrogen-bond donors (Lipinski definition) is 1. The van der Waals surface area contributed by atoms with Crippen molar-refractivity contribution in [3.8, 4) is 11.1 Å². The lowest BCUT2D eigenvalue weighted by Crippen LogP contribution is -2.12. The SMILES string of the molecule is FC(F)(F)c1cc(Cl)ccc1CNc1cncc(-c2ccncc2)c1. The largest absolute Gasteiger partial charge is 0.416 e. The van der Waals surface area contributed by atoms with Crippen molar-refractivity contribution in [2.24, 2.45) is 0 Å². The number of nitrogens with zero attached hydrogens (tertiary/aromatic N) is 2. The van der Waals surface area contributed by atoms with Crippen molar-refractivity contribution < 1.29 is 13.2 Å². The minimum atomic E-state index is -4.46. The van der Waals surface area contributed by atoms with Gasteiger partial charge in [-0.1, -0.05) is 17.7 Å². The molecule has 0 unspecified atom stereocenters. The Kier molecular flexibility index (Phi) is 4.90. The number of pyridine rings is 2. The van der Waals surface area contributed by atoms with Crippen molar-refractivity contribution in [1.29, 1.82) is 0 Å². The molecule has 3 aromatic rings. The lowest BCUT2D eigenvalue weighted by molar-refractivity contribution is -0.138. The van der Waals surface area contributed by atoms with E-state index in [2.05, 4.69) is 15.3 Å². The summed E-state index contributed by atoms with van der Waals surface area (Å²) in [5, 5.41) is 3.04. The van der Waals surface area contributed by atoms with Gasteiger partial charge in [-0.2, -0.15) is 13.2 Å². The molecular weight excluding hydrogens is 351 g/mol. The number of nitrogens with one attached hydrogen (secondary N) is 1. The fourth-order valence-corrected chi connectivity index (χ4v) is 2.57. The van der Waals surface area contributed by atoms with Crippen LogP contribution in [0.1, 0.15) is 11.1 Å². The lowest BCUT2D eigenvalue weighted by atomic mass is 10.1. The Morgan fingerprint density at radius 2 is 1.68 bits per heavy atom. The van der Waals surface area contributed by atoms with E-state index >= 15 is 0 Å². The van der Waals surface area contributed by atoms with Gasteiger partial charge in [0.05, 0.1) is 11.3 Å². The summed E-state index contributed by atoms with van der Waals surface area (Å²) in [6.45, 7) is 0.00743.